The minimum absolute atomic E-state index is 0.0644. The molecule has 0 radical (unpaired) electrons. The molecule has 0 amide bonds. The average molecular weight is 593 g/mol. The SMILES string of the molecule is COc1ccc(-c2c3c4cc(OC)c(OS(=O)(=O)[O-])cc4oc(=O)c3n3ccc4cc(OC)c(OC)cc4c23)cc1O. The van der Waals surface area contributed by atoms with Gasteiger partial charge in [0.25, 0.3) is 10.4 Å². The van der Waals surface area contributed by atoms with E-state index in [-0.39, 0.29) is 28.3 Å². The van der Waals surface area contributed by atoms with Crippen molar-refractivity contribution in [1.29, 1.82) is 0 Å². The van der Waals surface area contributed by atoms with Gasteiger partial charge in [-0.05, 0) is 47.3 Å². The fourth-order valence-electron chi connectivity index (χ4n) is 5.29. The molecule has 3 aromatic heterocycles. The van der Waals surface area contributed by atoms with E-state index in [4.69, 9.17) is 23.4 Å². The van der Waals surface area contributed by atoms with E-state index in [1.54, 1.807) is 40.9 Å². The quantitative estimate of drug-likeness (QED) is 0.157. The van der Waals surface area contributed by atoms with Crippen molar-refractivity contribution in [1.82, 2.24) is 4.40 Å². The molecule has 0 bridgehead atoms. The molecule has 3 aromatic carbocycles. The van der Waals surface area contributed by atoms with Crippen molar-refractivity contribution >= 4 is 48.6 Å². The number of pyridine rings is 1. The molecule has 0 spiro atoms. The third-order valence-corrected chi connectivity index (χ3v) is 7.39. The van der Waals surface area contributed by atoms with Gasteiger partial charge >= 0.3 is 5.63 Å². The maximum Gasteiger partial charge on any atom is 0.361 e. The summed E-state index contributed by atoms with van der Waals surface area (Å²) in [6, 6.07) is 12.7. The number of ether oxygens (including phenoxy) is 4. The number of methoxy groups -OCH3 is 4. The lowest BCUT2D eigenvalue weighted by molar-refractivity contribution is 0.351. The van der Waals surface area contributed by atoms with Crippen LogP contribution in [0.1, 0.15) is 0 Å². The van der Waals surface area contributed by atoms with Crippen molar-refractivity contribution in [3.05, 3.63) is 65.1 Å². The lowest BCUT2D eigenvalue weighted by Crippen LogP contribution is -2.08. The first-order valence-corrected chi connectivity index (χ1v) is 13.6. The highest BCUT2D eigenvalue weighted by Crippen LogP contribution is 2.46. The minimum Gasteiger partial charge on any atom is -0.716 e. The molecule has 0 unspecified atom stereocenters. The number of rotatable bonds is 7. The number of phenols is 1. The number of aromatic nitrogens is 1. The zero-order valence-electron chi connectivity index (χ0n) is 22.6. The van der Waals surface area contributed by atoms with Crippen molar-refractivity contribution in [3.8, 4) is 45.6 Å². The monoisotopic (exact) mass is 592 g/mol. The lowest BCUT2D eigenvalue weighted by Gasteiger charge is -2.14. The second kappa shape index (κ2) is 9.75. The molecule has 0 fully saturated rings. The molecule has 42 heavy (non-hydrogen) atoms. The third kappa shape index (κ3) is 4.17. The number of benzene rings is 3. The number of hydrogen-bond acceptors (Lipinski definition) is 11. The Labute approximate surface area is 237 Å². The van der Waals surface area contributed by atoms with Gasteiger partial charge in [0.15, 0.2) is 34.5 Å². The van der Waals surface area contributed by atoms with Crippen LogP contribution in [-0.4, -0.2) is 50.9 Å². The van der Waals surface area contributed by atoms with Crippen LogP contribution in [0, 0.1) is 0 Å². The standard InChI is InChI=1S/C29H23NO11S/c1-36-19-6-5-15(9-18(19)31)25-26-17-12-23(39-4)24(41-42(33,34)35)13-20(17)40-29(32)28(26)30-8-7-14-10-21(37-2)22(38-3)11-16(14)27(25)30/h5-13,31H,1-4H3,(H,33,34,35)/p-1. The normalized spacial score (nSPS) is 11.8. The van der Waals surface area contributed by atoms with Gasteiger partial charge < -0.3 is 41.6 Å². The highest BCUT2D eigenvalue weighted by molar-refractivity contribution is 7.81. The minimum atomic E-state index is -5.17. The molecule has 13 heteroatoms. The smallest absolute Gasteiger partial charge is 0.361 e. The zero-order chi connectivity index (χ0) is 29.9. The predicted molar refractivity (Wildman–Crippen MR) is 152 cm³/mol. The van der Waals surface area contributed by atoms with Gasteiger partial charge in [0.2, 0.25) is 0 Å². The first kappa shape index (κ1) is 27.1. The second-order valence-corrected chi connectivity index (χ2v) is 10.2. The Balaban J connectivity index is 1.87. The van der Waals surface area contributed by atoms with E-state index in [0.717, 1.165) is 11.5 Å². The van der Waals surface area contributed by atoms with Gasteiger partial charge in [-0.3, -0.25) is 0 Å². The summed E-state index contributed by atoms with van der Waals surface area (Å²) in [6.07, 6.45) is 1.71. The molecule has 0 aliphatic carbocycles. The Kier molecular flexibility index (Phi) is 6.28. The van der Waals surface area contributed by atoms with E-state index in [1.165, 1.54) is 40.6 Å². The van der Waals surface area contributed by atoms with Gasteiger partial charge in [0.05, 0.1) is 34.0 Å². The Morgan fingerprint density at radius 1 is 0.786 bits per heavy atom. The summed E-state index contributed by atoms with van der Waals surface area (Å²) in [5.74, 6) is 0.526. The molecular weight excluding hydrogens is 570 g/mol. The summed E-state index contributed by atoms with van der Waals surface area (Å²) < 4.78 is 67.6. The molecule has 0 aliphatic rings. The first-order valence-electron chi connectivity index (χ1n) is 12.3. The van der Waals surface area contributed by atoms with Gasteiger partial charge in [-0.1, -0.05) is 6.07 Å². The van der Waals surface area contributed by atoms with Crippen molar-refractivity contribution in [2.24, 2.45) is 0 Å². The summed E-state index contributed by atoms with van der Waals surface area (Å²) in [6.45, 7) is 0. The van der Waals surface area contributed by atoms with Crippen LogP contribution in [-0.2, 0) is 10.4 Å². The van der Waals surface area contributed by atoms with Gasteiger partial charge in [-0.15, -0.1) is 0 Å². The van der Waals surface area contributed by atoms with Gasteiger partial charge in [0.1, 0.15) is 11.1 Å². The zero-order valence-corrected chi connectivity index (χ0v) is 23.4. The molecule has 0 saturated carbocycles. The highest BCUT2D eigenvalue weighted by Gasteiger charge is 2.25. The van der Waals surface area contributed by atoms with Crippen LogP contribution in [0.3, 0.4) is 0 Å². The Morgan fingerprint density at radius 2 is 1.43 bits per heavy atom. The number of nitrogens with zero attached hydrogens (tertiary/aromatic N) is 1. The van der Waals surface area contributed by atoms with Crippen LogP contribution in [0.2, 0.25) is 0 Å². The summed E-state index contributed by atoms with van der Waals surface area (Å²) in [5.41, 5.74) is 0.978. The topological polar surface area (TPSA) is 158 Å². The average Bonchev–Trinajstić information content (AvgIpc) is 3.31. The molecule has 12 nitrogen and oxygen atoms in total. The molecule has 3 heterocycles. The first-order chi connectivity index (χ1) is 20.1. The van der Waals surface area contributed by atoms with Crippen molar-refractivity contribution in [2.45, 2.75) is 0 Å². The molecule has 0 saturated heterocycles. The fraction of sp³-hybridized carbons (Fsp3) is 0.138. The van der Waals surface area contributed by atoms with Crippen LogP contribution in [0.25, 0.3) is 49.3 Å². The van der Waals surface area contributed by atoms with Crippen molar-refractivity contribution < 1.29 is 45.6 Å². The fourth-order valence-corrected chi connectivity index (χ4v) is 5.64. The Hall–Kier alpha value is -5.14. The Morgan fingerprint density at radius 3 is 2.07 bits per heavy atom. The Bertz CT molecular complexity index is 2230. The van der Waals surface area contributed by atoms with Crippen molar-refractivity contribution in [3.63, 3.8) is 0 Å². The van der Waals surface area contributed by atoms with Crippen LogP contribution in [0.15, 0.2) is 63.9 Å². The van der Waals surface area contributed by atoms with Crippen molar-refractivity contribution in [2.75, 3.05) is 28.4 Å². The van der Waals surface area contributed by atoms with Crippen LogP contribution in [0.5, 0.6) is 34.5 Å². The van der Waals surface area contributed by atoms with E-state index in [0.29, 0.717) is 44.3 Å². The van der Waals surface area contributed by atoms with Gasteiger partial charge in [-0.2, -0.15) is 0 Å². The van der Waals surface area contributed by atoms with Crippen LogP contribution < -0.4 is 28.8 Å². The van der Waals surface area contributed by atoms with E-state index in [2.05, 4.69) is 4.18 Å². The summed E-state index contributed by atoms with van der Waals surface area (Å²) in [7, 11) is 0.572. The number of fused-ring (bicyclic) bond motifs is 7. The van der Waals surface area contributed by atoms with E-state index in [1.807, 2.05) is 0 Å². The number of hydrogen-bond donors (Lipinski definition) is 1. The predicted octanol–water partition coefficient (Wildman–Crippen LogP) is 4.60. The summed E-state index contributed by atoms with van der Waals surface area (Å²) >= 11 is 0. The van der Waals surface area contributed by atoms with E-state index < -0.39 is 21.8 Å². The maximum absolute atomic E-state index is 13.6. The van der Waals surface area contributed by atoms with E-state index >= 15 is 0 Å². The van der Waals surface area contributed by atoms with E-state index in [9.17, 15) is 22.9 Å². The maximum atomic E-state index is 13.6. The largest absolute Gasteiger partial charge is 0.716 e. The molecule has 1 N–H and O–H groups in total. The second-order valence-electron chi connectivity index (χ2n) is 9.19. The van der Waals surface area contributed by atoms with Crippen LogP contribution >= 0.6 is 0 Å². The summed E-state index contributed by atoms with van der Waals surface area (Å²) in [5, 5.41) is 12.9. The lowest BCUT2D eigenvalue weighted by atomic mass is 9.98. The molecule has 216 valence electrons. The van der Waals surface area contributed by atoms with Gasteiger partial charge in [0, 0.05) is 34.0 Å². The molecule has 6 rings (SSSR count). The number of phenolic OH excluding ortho intramolecular Hbond substituents is 1. The third-order valence-electron chi connectivity index (χ3n) is 7.01. The molecule has 0 aliphatic heterocycles. The molecule has 0 atom stereocenters. The van der Waals surface area contributed by atoms with Gasteiger partial charge in [-0.25, -0.2) is 13.2 Å². The molecular formula is C29H22NO11S-. The highest BCUT2D eigenvalue weighted by atomic mass is 32.3. The molecule has 6 aromatic rings. The summed E-state index contributed by atoms with van der Waals surface area (Å²) in [4.78, 5) is 13.6. The van der Waals surface area contributed by atoms with Crippen LogP contribution in [0.4, 0.5) is 0 Å². The number of aromatic hydroxyl groups is 1.